The van der Waals surface area contributed by atoms with Crippen LogP contribution in [-0.2, 0) is 4.79 Å². The van der Waals surface area contributed by atoms with Gasteiger partial charge >= 0.3 is 0 Å². The largest absolute Gasteiger partial charge is 0.497 e. The van der Waals surface area contributed by atoms with Crippen molar-refractivity contribution in [2.45, 2.75) is 6.92 Å². The summed E-state index contributed by atoms with van der Waals surface area (Å²) in [6.45, 7) is 1.25. The first-order chi connectivity index (χ1) is 12.3. The molecule has 0 saturated carbocycles. The van der Waals surface area contributed by atoms with E-state index >= 15 is 0 Å². The molecule has 0 radical (unpaired) electrons. The number of ether oxygens (including phenoxy) is 2. The van der Waals surface area contributed by atoms with Gasteiger partial charge in [0.25, 0.3) is 17.5 Å². The maximum atomic E-state index is 12.1. The molecular formula is C17H17N3O6. The van der Waals surface area contributed by atoms with Crippen molar-refractivity contribution < 1.29 is 24.0 Å². The van der Waals surface area contributed by atoms with Gasteiger partial charge in [-0.3, -0.25) is 19.7 Å². The van der Waals surface area contributed by atoms with Crippen LogP contribution in [0, 0.1) is 17.0 Å². The van der Waals surface area contributed by atoms with Gasteiger partial charge in [-0.25, -0.2) is 0 Å². The molecule has 3 N–H and O–H groups in total. The average molecular weight is 359 g/mol. The molecule has 2 aromatic rings. The number of non-ortho nitro benzene ring substituents is 1. The van der Waals surface area contributed by atoms with Gasteiger partial charge in [0, 0.05) is 23.9 Å². The molecule has 0 bridgehead atoms. The predicted octanol–water partition coefficient (Wildman–Crippen LogP) is 2.03. The molecule has 26 heavy (non-hydrogen) atoms. The van der Waals surface area contributed by atoms with Crippen LogP contribution in [0.3, 0.4) is 0 Å². The van der Waals surface area contributed by atoms with Crippen LogP contribution in [0.2, 0.25) is 0 Å². The number of aryl methyl sites for hydroxylation is 1. The van der Waals surface area contributed by atoms with Crippen molar-refractivity contribution in [2.75, 3.05) is 19.0 Å². The summed E-state index contributed by atoms with van der Waals surface area (Å²) in [5.74, 6) is -0.640. The Kier molecular flexibility index (Phi) is 5.74. The summed E-state index contributed by atoms with van der Waals surface area (Å²) in [5.41, 5.74) is 6.28. The molecule has 0 atom stereocenters. The normalized spacial score (nSPS) is 10.1. The second-order valence-electron chi connectivity index (χ2n) is 5.32. The smallest absolute Gasteiger partial charge is 0.269 e. The van der Waals surface area contributed by atoms with E-state index in [0.717, 1.165) is 0 Å². The van der Waals surface area contributed by atoms with E-state index in [0.29, 0.717) is 17.0 Å². The second-order valence-corrected chi connectivity index (χ2v) is 5.32. The zero-order valence-electron chi connectivity index (χ0n) is 14.1. The van der Waals surface area contributed by atoms with E-state index in [1.807, 2.05) is 0 Å². The van der Waals surface area contributed by atoms with E-state index in [-0.39, 0.29) is 23.6 Å². The van der Waals surface area contributed by atoms with Crippen molar-refractivity contribution in [3.8, 4) is 11.5 Å². The molecule has 0 fully saturated rings. The minimum atomic E-state index is -0.700. The first kappa shape index (κ1) is 18.7. The molecule has 0 unspecified atom stereocenters. The van der Waals surface area contributed by atoms with E-state index in [9.17, 15) is 19.7 Å². The van der Waals surface area contributed by atoms with Gasteiger partial charge in [-0.2, -0.15) is 0 Å². The molecule has 0 heterocycles. The summed E-state index contributed by atoms with van der Waals surface area (Å²) >= 11 is 0. The number of nitro benzene ring substituents is 1. The number of carbonyl (C=O) groups is 2. The number of methoxy groups -OCH3 is 1. The fraction of sp³-hybridized carbons (Fsp3) is 0.176. The fourth-order valence-electron chi connectivity index (χ4n) is 2.18. The van der Waals surface area contributed by atoms with E-state index in [1.54, 1.807) is 13.0 Å². The Hall–Kier alpha value is -3.62. The highest BCUT2D eigenvalue weighted by atomic mass is 16.6. The Morgan fingerprint density at radius 2 is 1.96 bits per heavy atom. The van der Waals surface area contributed by atoms with Crippen LogP contribution < -0.4 is 20.5 Å². The van der Waals surface area contributed by atoms with Crippen molar-refractivity contribution in [1.82, 2.24) is 0 Å². The topological polar surface area (TPSA) is 134 Å². The van der Waals surface area contributed by atoms with Crippen LogP contribution >= 0.6 is 0 Å². The lowest BCUT2D eigenvalue weighted by molar-refractivity contribution is -0.384. The molecule has 2 aromatic carbocycles. The zero-order valence-corrected chi connectivity index (χ0v) is 14.1. The van der Waals surface area contributed by atoms with Gasteiger partial charge in [-0.15, -0.1) is 0 Å². The van der Waals surface area contributed by atoms with Crippen LogP contribution in [0.5, 0.6) is 11.5 Å². The molecule has 136 valence electrons. The van der Waals surface area contributed by atoms with Gasteiger partial charge < -0.3 is 20.5 Å². The quantitative estimate of drug-likeness (QED) is 0.574. The highest BCUT2D eigenvalue weighted by molar-refractivity contribution is 5.96. The Labute approximate surface area is 148 Å². The second kappa shape index (κ2) is 7.97. The maximum absolute atomic E-state index is 12.1. The average Bonchev–Trinajstić information content (AvgIpc) is 2.61. The molecule has 9 nitrogen and oxygen atoms in total. The van der Waals surface area contributed by atoms with Crippen molar-refractivity contribution in [1.29, 1.82) is 0 Å². The third kappa shape index (κ3) is 4.47. The zero-order chi connectivity index (χ0) is 19.3. The third-order valence-electron chi connectivity index (χ3n) is 3.51. The monoisotopic (exact) mass is 359 g/mol. The molecule has 9 heteroatoms. The number of amides is 2. The number of primary amides is 1. The van der Waals surface area contributed by atoms with Gasteiger partial charge in [-0.1, -0.05) is 0 Å². The van der Waals surface area contributed by atoms with Crippen LogP contribution in [0.25, 0.3) is 0 Å². The fourth-order valence-corrected chi connectivity index (χ4v) is 2.18. The molecule has 2 rings (SSSR count). The Balaban J connectivity index is 2.07. The van der Waals surface area contributed by atoms with Gasteiger partial charge in [0.05, 0.1) is 17.6 Å². The lowest BCUT2D eigenvalue weighted by atomic mass is 10.1. The first-order valence-corrected chi connectivity index (χ1v) is 7.47. The van der Waals surface area contributed by atoms with Gasteiger partial charge in [-0.05, 0) is 30.7 Å². The molecule has 2 amide bonds. The summed E-state index contributed by atoms with van der Waals surface area (Å²) in [6.07, 6.45) is 0. The molecule has 0 aromatic heterocycles. The van der Waals surface area contributed by atoms with Gasteiger partial charge in [0.2, 0.25) is 0 Å². The molecule has 0 aliphatic rings. The number of nitrogens with two attached hydrogens (primary N) is 1. The molecular weight excluding hydrogens is 342 g/mol. The summed E-state index contributed by atoms with van der Waals surface area (Å²) in [5, 5.41) is 13.3. The number of carbonyl (C=O) groups excluding carboxylic acids is 2. The number of anilines is 1. The number of hydrogen-bond acceptors (Lipinski definition) is 6. The van der Waals surface area contributed by atoms with E-state index in [2.05, 4.69) is 5.32 Å². The summed E-state index contributed by atoms with van der Waals surface area (Å²) in [7, 11) is 1.45. The SMILES string of the molecule is COc1ccc(C(N)=O)c(OCC(=O)Nc2ccc([N+](=O)[O-])cc2C)c1. The van der Waals surface area contributed by atoms with Gasteiger partial charge in [0.15, 0.2) is 6.61 Å². The number of hydrogen-bond donors (Lipinski definition) is 2. The van der Waals surface area contributed by atoms with Crippen LogP contribution in [0.4, 0.5) is 11.4 Å². The molecule has 0 spiro atoms. The van der Waals surface area contributed by atoms with Crippen LogP contribution in [0.15, 0.2) is 36.4 Å². The summed E-state index contributed by atoms with van der Waals surface area (Å²) in [4.78, 5) is 33.7. The van der Waals surface area contributed by atoms with E-state index < -0.39 is 16.7 Å². The number of nitrogens with zero attached hydrogens (tertiary/aromatic N) is 1. The Morgan fingerprint density at radius 1 is 1.23 bits per heavy atom. The number of nitro groups is 1. The van der Waals surface area contributed by atoms with E-state index in [4.69, 9.17) is 15.2 Å². The first-order valence-electron chi connectivity index (χ1n) is 7.47. The number of rotatable bonds is 7. The summed E-state index contributed by atoms with van der Waals surface area (Å²) in [6, 6.07) is 8.51. The van der Waals surface area contributed by atoms with E-state index in [1.165, 1.54) is 37.4 Å². The Morgan fingerprint density at radius 3 is 2.54 bits per heavy atom. The molecule has 0 saturated heterocycles. The number of nitrogens with one attached hydrogen (secondary N) is 1. The highest BCUT2D eigenvalue weighted by Crippen LogP contribution is 2.25. The van der Waals surface area contributed by atoms with Crippen LogP contribution in [-0.4, -0.2) is 30.5 Å². The van der Waals surface area contributed by atoms with Gasteiger partial charge in [0.1, 0.15) is 11.5 Å². The molecule has 0 aliphatic heterocycles. The highest BCUT2D eigenvalue weighted by Gasteiger charge is 2.14. The standard InChI is InChI=1S/C17H17N3O6/c1-10-7-11(20(23)24)3-6-14(10)19-16(21)9-26-15-8-12(25-2)4-5-13(15)17(18)22/h3-8H,9H2,1-2H3,(H2,18,22)(H,19,21). The maximum Gasteiger partial charge on any atom is 0.269 e. The predicted molar refractivity (Wildman–Crippen MR) is 93.5 cm³/mol. The molecule has 0 aliphatic carbocycles. The number of benzene rings is 2. The van der Waals surface area contributed by atoms with Crippen molar-refractivity contribution in [3.05, 3.63) is 57.6 Å². The minimum absolute atomic E-state index is 0.0702. The minimum Gasteiger partial charge on any atom is -0.497 e. The third-order valence-corrected chi connectivity index (χ3v) is 3.51. The summed E-state index contributed by atoms with van der Waals surface area (Å²) < 4.78 is 10.4. The van der Waals surface area contributed by atoms with Crippen molar-refractivity contribution in [3.63, 3.8) is 0 Å². The van der Waals surface area contributed by atoms with Crippen molar-refractivity contribution >= 4 is 23.2 Å². The lowest BCUT2D eigenvalue weighted by Gasteiger charge is -2.12. The van der Waals surface area contributed by atoms with Crippen LogP contribution in [0.1, 0.15) is 15.9 Å². The van der Waals surface area contributed by atoms with Crippen molar-refractivity contribution in [2.24, 2.45) is 5.73 Å². The Bertz CT molecular complexity index is 866. The lowest BCUT2D eigenvalue weighted by Crippen LogP contribution is -2.22.